The van der Waals surface area contributed by atoms with E-state index in [1.807, 2.05) is 14.1 Å². The lowest BCUT2D eigenvalue weighted by Gasteiger charge is -2.36. The molecule has 0 radical (unpaired) electrons. The fourth-order valence-corrected chi connectivity index (χ4v) is 3.67. The molecule has 2 aromatic carbocycles. The van der Waals surface area contributed by atoms with E-state index in [2.05, 4.69) is 29.2 Å². The number of hydrogen-bond donors (Lipinski definition) is 0. The van der Waals surface area contributed by atoms with E-state index in [-0.39, 0.29) is 17.6 Å². The van der Waals surface area contributed by atoms with Crippen LogP contribution in [0.2, 0.25) is 0 Å². The Morgan fingerprint density at radius 1 is 0.926 bits per heavy atom. The number of hydrogen-bond acceptors (Lipinski definition) is 5. The van der Waals surface area contributed by atoms with Crippen molar-refractivity contribution in [2.24, 2.45) is 5.92 Å². The van der Waals surface area contributed by atoms with Crippen molar-refractivity contribution in [2.45, 2.75) is 18.8 Å². The highest BCUT2D eigenvalue weighted by molar-refractivity contribution is 6.00. The number of carbonyl (C=O) groups excluding carboxylic acids is 1. The minimum absolute atomic E-state index is 0.0157. The highest BCUT2D eigenvalue weighted by atomic mass is 16.5. The molecular formula is C22H27NO4. The summed E-state index contributed by atoms with van der Waals surface area (Å²) in [5.74, 6) is 1.88. The Kier molecular flexibility index (Phi) is 5.59. The zero-order chi connectivity index (χ0) is 19.6. The molecule has 0 spiro atoms. The number of anilines is 1. The van der Waals surface area contributed by atoms with Crippen LogP contribution < -0.4 is 19.1 Å². The van der Waals surface area contributed by atoms with Crippen LogP contribution in [0.5, 0.6) is 17.2 Å². The van der Waals surface area contributed by atoms with Gasteiger partial charge in [0.2, 0.25) is 5.75 Å². The molecule has 0 heterocycles. The molecule has 2 unspecified atom stereocenters. The summed E-state index contributed by atoms with van der Waals surface area (Å²) >= 11 is 0. The van der Waals surface area contributed by atoms with Crippen LogP contribution in [0.3, 0.4) is 0 Å². The summed E-state index contributed by atoms with van der Waals surface area (Å²) in [6.45, 7) is 0. The Hall–Kier alpha value is -2.69. The van der Waals surface area contributed by atoms with Gasteiger partial charge in [-0.25, -0.2) is 0 Å². The minimum atomic E-state index is -0.0157. The maximum Gasteiger partial charge on any atom is 0.203 e. The maximum atomic E-state index is 13.2. The van der Waals surface area contributed by atoms with Crippen molar-refractivity contribution >= 4 is 11.5 Å². The predicted octanol–water partition coefficient (Wildman–Crippen LogP) is 4.15. The van der Waals surface area contributed by atoms with Crippen LogP contribution >= 0.6 is 0 Å². The Labute approximate surface area is 160 Å². The van der Waals surface area contributed by atoms with E-state index in [1.165, 1.54) is 5.56 Å². The van der Waals surface area contributed by atoms with Crippen LogP contribution in [0.15, 0.2) is 36.4 Å². The van der Waals surface area contributed by atoms with Gasteiger partial charge in [0.25, 0.3) is 0 Å². The smallest absolute Gasteiger partial charge is 0.203 e. The average Bonchev–Trinajstić information content (AvgIpc) is 2.66. The number of ketones is 1. The van der Waals surface area contributed by atoms with Crippen LogP contribution in [0.25, 0.3) is 0 Å². The lowest BCUT2D eigenvalue weighted by Crippen LogP contribution is -2.31. The van der Waals surface area contributed by atoms with E-state index in [9.17, 15) is 4.79 Å². The van der Waals surface area contributed by atoms with Crippen molar-refractivity contribution in [1.29, 1.82) is 0 Å². The number of Topliss-reactive ketones (excluding diaryl/α,β-unsaturated/α-hetero) is 1. The molecule has 5 nitrogen and oxygen atoms in total. The Bertz CT molecular complexity index is 789. The highest BCUT2D eigenvalue weighted by Gasteiger charge is 2.38. The first-order chi connectivity index (χ1) is 13.0. The molecule has 0 saturated heterocycles. The van der Waals surface area contributed by atoms with Crippen molar-refractivity contribution in [2.75, 3.05) is 40.3 Å². The fourth-order valence-electron chi connectivity index (χ4n) is 3.67. The van der Waals surface area contributed by atoms with Crippen molar-refractivity contribution < 1.29 is 19.0 Å². The van der Waals surface area contributed by atoms with Gasteiger partial charge in [-0.3, -0.25) is 4.79 Å². The number of nitrogens with zero attached hydrogens (tertiary/aromatic N) is 1. The van der Waals surface area contributed by atoms with Crippen LogP contribution in [-0.2, 0) is 0 Å². The number of rotatable bonds is 7. The first-order valence-electron chi connectivity index (χ1n) is 9.11. The molecule has 0 aromatic heterocycles. The third kappa shape index (κ3) is 3.59. The lowest BCUT2D eigenvalue weighted by atomic mass is 9.67. The molecule has 0 bridgehead atoms. The van der Waals surface area contributed by atoms with Crippen LogP contribution in [0, 0.1) is 5.92 Å². The monoisotopic (exact) mass is 369 g/mol. The van der Waals surface area contributed by atoms with Gasteiger partial charge < -0.3 is 19.1 Å². The van der Waals surface area contributed by atoms with Crippen LogP contribution in [-0.4, -0.2) is 41.2 Å². The number of carbonyl (C=O) groups is 1. The molecule has 0 N–H and O–H groups in total. The van der Waals surface area contributed by atoms with Gasteiger partial charge in [-0.1, -0.05) is 12.1 Å². The summed E-state index contributed by atoms with van der Waals surface area (Å²) in [4.78, 5) is 15.2. The number of benzene rings is 2. The molecule has 1 saturated carbocycles. The molecule has 27 heavy (non-hydrogen) atoms. The van der Waals surface area contributed by atoms with Gasteiger partial charge in [-0.2, -0.15) is 0 Å². The maximum absolute atomic E-state index is 13.2. The number of methoxy groups -OCH3 is 3. The lowest BCUT2D eigenvalue weighted by molar-refractivity contribution is 0.0818. The SMILES string of the molecule is COc1cc(C(=O)C2CCC2c2ccc(N(C)C)cc2)cc(OC)c1OC. The molecule has 1 aliphatic carbocycles. The average molecular weight is 369 g/mol. The third-order valence-electron chi connectivity index (χ3n) is 5.40. The van der Waals surface area contributed by atoms with Crippen LogP contribution in [0.4, 0.5) is 5.69 Å². The molecule has 5 heteroatoms. The van der Waals surface area contributed by atoms with Gasteiger partial charge in [-0.05, 0) is 48.6 Å². The molecule has 1 fully saturated rings. The van der Waals surface area contributed by atoms with Crippen molar-refractivity contribution in [3.63, 3.8) is 0 Å². The van der Waals surface area contributed by atoms with E-state index < -0.39 is 0 Å². The van der Waals surface area contributed by atoms with Gasteiger partial charge >= 0.3 is 0 Å². The molecular weight excluding hydrogens is 342 g/mol. The molecule has 3 rings (SSSR count). The fraction of sp³-hybridized carbons (Fsp3) is 0.409. The van der Waals surface area contributed by atoms with Crippen molar-refractivity contribution in [3.05, 3.63) is 47.5 Å². The molecule has 0 aliphatic heterocycles. The highest BCUT2D eigenvalue weighted by Crippen LogP contribution is 2.46. The van der Waals surface area contributed by atoms with Crippen molar-refractivity contribution in [3.8, 4) is 17.2 Å². The first kappa shape index (κ1) is 19.1. The summed E-state index contributed by atoms with van der Waals surface area (Å²) in [6.07, 6.45) is 1.93. The summed E-state index contributed by atoms with van der Waals surface area (Å²) in [6, 6.07) is 12.0. The largest absolute Gasteiger partial charge is 0.493 e. The van der Waals surface area contributed by atoms with Gasteiger partial charge in [0.1, 0.15) is 0 Å². The van der Waals surface area contributed by atoms with E-state index in [0.717, 1.165) is 18.5 Å². The minimum Gasteiger partial charge on any atom is -0.493 e. The van der Waals surface area contributed by atoms with E-state index >= 15 is 0 Å². The van der Waals surface area contributed by atoms with E-state index in [0.29, 0.717) is 22.8 Å². The quantitative estimate of drug-likeness (QED) is 0.686. The normalized spacial score (nSPS) is 18.4. The van der Waals surface area contributed by atoms with E-state index in [1.54, 1.807) is 33.5 Å². The second-order valence-corrected chi connectivity index (χ2v) is 7.05. The Balaban J connectivity index is 1.85. The zero-order valence-corrected chi connectivity index (χ0v) is 16.6. The topological polar surface area (TPSA) is 48.0 Å². The molecule has 0 amide bonds. The van der Waals surface area contributed by atoms with Gasteiger partial charge in [0.05, 0.1) is 21.3 Å². The van der Waals surface area contributed by atoms with Crippen molar-refractivity contribution in [1.82, 2.24) is 0 Å². The van der Waals surface area contributed by atoms with Gasteiger partial charge in [0.15, 0.2) is 17.3 Å². The zero-order valence-electron chi connectivity index (χ0n) is 16.6. The summed E-state index contributed by atoms with van der Waals surface area (Å²) < 4.78 is 16.1. The van der Waals surface area contributed by atoms with Gasteiger partial charge in [0, 0.05) is 31.3 Å². The summed E-state index contributed by atoms with van der Waals surface area (Å²) in [5.41, 5.74) is 2.98. The van der Waals surface area contributed by atoms with Gasteiger partial charge in [-0.15, -0.1) is 0 Å². The molecule has 2 atom stereocenters. The Morgan fingerprint density at radius 2 is 1.52 bits per heavy atom. The second kappa shape index (κ2) is 7.91. The predicted molar refractivity (Wildman–Crippen MR) is 107 cm³/mol. The second-order valence-electron chi connectivity index (χ2n) is 7.05. The summed E-state index contributed by atoms with van der Waals surface area (Å²) in [7, 11) is 8.72. The van der Waals surface area contributed by atoms with Crippen LogP contribution in [0.1, 0.15) is 34.7 Å². The molecule has 2 aromatic rings. The number of ether oxygens (including phenoxy) is 3. The Morgan fingerprint density at radius 3 is 1.93 bits per heavy atom. The van der Waals surface area contributed by atoms with E-state index in [4.69, 9.17) is 14.2 Å². The molecule has 144 valence electrons. The third-order valence-corrected chi connectivity index (χ3v) is 5.40. The summed E-state index contributed by atoms with van der Waals surface area (Å²) in [5, 5.41) is 0. The molecule has 1 aliphatic rings. The first-order valence-corrected chi connectivity index (χ1v) is 9.11. The standard InChI is InChI=1S/C22H27NO4/c1-23(2)16-8-6-14(7-9-16)17-10-11-18(17)21(24)15-12-19(25-3)22(27-5)20(13-15)26-4/h6-9,12-13,17-18H,10-11H2,1-5H3.